The summed E-state index contributed by atoms with van der Waals surface area (Å²) in [5, 5.41) is 7.62. The first-order chi connectivity index (χ1) is 15.9. The largest absolute Gasteiger partial charge is 0.338 e. The van der Waals surface area contributed by atoms with E-state index in [2.05, 4.69) is 32.7 Å². The van der Waals surface area contributed by atoms with E-state index in [-0.39, 0.29) is 24.3 Å². The molecule has 0 saturated heterocycles. The lowest BCUT2D eigenvalue weighted by atomic mass is 9.94. The molecule has 0 fully saturated rings. The van der Waals surface area contributed by atoms with Crippen LogP contribution < -0.4 is 10.6 Å². The lowest BCUT2D eigenvalue weighted by molar-refractivity contribution is -0.136. The van der Waals surface area contributed by atoms with Crippen LogP contribution in [0, 0.1) is 5.82 Å². The third-order valence-electron chi connectivity index (χ3n) is 5.66. The molecule has 0 spiro atoms. The molecule has 0 saturated carbocycles. The van der Waals surface area contributed by atoms with Crippen molar-refractivity contribution < 1.29 is 14.0 Å². The summed E-state index contributed by atoms with van der Waals surface area (Å²) in [4.78, 5) is 33.4. The van der Waals surface area contributed by atoms with Crippen LogP contribution in [0.3, 0.4) is 0 Å². The first-order valence-electron chi connectivity index (χ1n) is 10.6. The smallest absolute Gasteiger partial charge is 0.321 e. The maximum absolute atomic E-state index is 13.2. The fraction of sp³-hybridized carbons (Fsp3) is 0.292. The molecule has 33 heavy (non-hydrogen) atoms. The third-order valence-corrected chi connectivity index (χ3v) is 6.46. The number of hydrogen-bond acceptors (Lipinski definition) is 5. The second kappa shape index (κ2) is 10.1. The van der Waals surface area contributed by atoms with E-state index < -0.39 is 6.03 Å². The number of halogens is 1. The van der Waals surface area contributed by atoms with Crippen molar-refractivity contribution in [3.8, 4) is 0 Å². The van der Waals surface area contributed by atoms with E-state index in [0.29, 0.717) is 29.4 Å². The summed E-state index contributed by atoms with van der Waals surface area (Å²) in [7, 11) is 3.74. The molecule has 2 heterocycles. The molecular formula is C24H26FN5O2S. The van der Waals surface area contributed by atoms with Crippen LogP contribution in [0.4, 0.5) is 14.3 Å². The number of aromatic nitrogens is 1. The minimum absolute atomic E-state index is 0.0438. The van der Waals surface area contributed by atoms with Gasteiger partial charge in [-0.1, -0.05) is 36.4 Å². The van der Waals surface area contributed by atoms with E-state index in [9.17, 15) is 14.0 Å². The molecule has 9 heteroatoms. The zero-order chi connectivity index (χ0) is 23.4. The molecule has 1 aliphatic heterocycles. The quantitative estimate of drug-likeness (QED) is 0.581. The molecule has 172 valence electrons. The summed E-state index contributed by atoms with van der Waals surface area (Å²) < 4.78 is 13.2. The first-order valence-corrected chi connectivity index (χ1v) is 11.5. The number of hydrogen-bond donors (Lipinski definition) is 2. The Bertz CT molecular complexity index is 1150. The average molecular weight is 468 g/mol. The molecule has 2 aromatic carbocycles. The highest BCUT2D eigenvalue weighted by atomic mass is 32.1. The number of urea groups is 1. The summed E-state index contributed by atoms with van der Waals surface area (Å²) >= 11 is 1.29. The van der Waals surface area contributed by atoms with E-state index in [4.69, 9.17) is 0 Å². The zero-order valence-electron chi connectivity index (χ0n) is 18.5. The Morgan fingerprint density at radius 2 is 2.00 bits per heavy atom. The van der Waals surface area contributed by atoms with Crippen LogP contribution in [0.15, 0.2) is 53.9 Å². The molecule has 2 N–H and O–H groups in total. The Morgan fingerprint density at radius 3 is 2.79 bits per heavy atom. The highest BCUT2D eigenvalue weighted by Crippen LogP contribution is 2.24. The van der Waals surface area contributed by atoms with Gasteiger partial charge in [0.2, 0.25) is 5.91 Å². The van der Waals surface area contributed by atoms with Crippen molar-refractivity contribution in [3.63, 3.8) is 0 Å². The SMILES string of the molecule is CN(Cc1csc(NC(=O)NCc2cccc(F)c2)n1)C(=O)C1Cc2ccccc2CN1C. The highest BCUT2D eigenvalue weighted by molar-refractivity contribution is 7.13. The minimum atomic E-state index is -0.424. The van der Waals surface area contributed by atoms with Gasteiger partial charge in [0.05, 0.1) is 18.3 Å². The van der Waals surface area contributed by atoms with Gasteiger partial charge in [0.1, 0.15) is 5.82 Å². The van der Waals surface area contributed by atoms with Crippen molar-refractivity contribution in [3.05, 3.63) is 82.1 Å². The number of amides is 3. The Morgan fingerprint density at radius 1 is 1.21 bits per heavy atom. The molecule has 1 unspecified atom stereocenters. The second-order valence-corrected chi connectivity index (χ2v) is 9.04. The number of benzene rings is 2. The van der Waals surface area contributed by atoms with Gasteiger partial charge in [0, 0.05) is 25.5 Å². The van der Waals surface area contributed by atoms with Gasteiger partial charge in [-0.05, 0) is 42.3 Å². The standard InChI is InChI=1S/C24H26FN5O2S/c1-29-13-18-8-4-3-7-17(18)11-21(29)22(31)30(2)14-20-15-33-24(27-20)28-23(32)26-12-16-6-5-9-19(25)10-16/h3-10,15,21H,11-14H2,1-2H3,(H2,26,27,28,32). The van der Waals surface area contributed by atoms with Gasteiger partial charge in [0.25, 0.3) is 0 Å². The monoisotopic (exact) mass is 467 g/mol. The summed E-state index contributed by atoms with van der Waals surface area (Å²) in [6.07, 6.45) is 0.686. The number of likely N-dealkylation sites (N-methyl/N-ethyl adjacent to an activating group) is 2. The maximum atomic E-state index is 13.2. The van der Waals surface area contributed by atoms with Gasteiger partial charge in [-0.3, -0.25) is 15.0 Å². The van der Waals surface area contributed by atoms with E-state index in [1.165, 1.54) is 34.6 Å². The van der Waals surface area contributed by atoms with Crippen molar-refractivity contribution >= 4 is 28.4 Å². The van der Waals surface area contributed by atoms with Crippen LogP contribution in [0.5, 0.6) is 0 Å². The van der Waals surface area contributed by atoms with Gasteiger partial charge in [-0.2, -0.15) is 0 Å². The molecule has 7 nitrogen and oxygen atoms in total. The lowest BCUT2D eigenvalue weighted by Gasteiger charge is -2.35. The summed E-state index contributed by atoms with van der Waals surface area (Å²) in [6, 6.07) is 13.6. The van der Waals surface area contributed by atoms with E-state index in [0.717, 1.165) is 6.54 Å². The second-order valence-electron chi connectivity index (χ2n) is 8.18. The molecule has 0 radical (unpaired) electrons. The van der Waals surface area contributed by atoms with Crippen LogP contribution in [0.2, 0.25) is 0 Å². The first kappa shape index (κ1) is 22.9. The molecule has 0 bridgehead atoms. The number of thiazole rings is 1. The van der Waals surface area contributed by atoms with E-state index >= 15 is 0 Å². The maximum Gasteiger partial charge on any atom is 0.321 e. The van der Waals surface area contributed by atoms with Crippen LogP contribution in [-0.2, 0) is 30.8 Å². The number of nitrogens with zero attached hydrogens (tertiary/aromatic N) is 3. The minimum Gasteiger partial charge on any atom is -0.338 e. The molecular weight excluding hydrogens is 441 g/mol. The topological polar surface area (TPSA) is 77.6 Å². The molecule has 3 amide bonds. The fourth-order valence-corrected chi connectivity index (χ4v) is 4.61. The lowest BCUT2D eigenvalue weighted by Crippen LogP contribution is -2.48. The van der Waals surface area contributed by atoms with Crippen molar-refractivity contribution in [1.29, 1.82) is 0 Å². The molecule has 1 atom stereocenters. The van der Waals surface area contributed by atoms with Crippen LogP contribution in [-0.4, -0.2) is 46.9 Å². The van der Waals surface area contributed by atoms with Crippen molar-refractivity contribution in [2.45, 2.75) is 32.1 Å². The molecule has 0 aliphatic carbocycles. The Balaban J connectivity index is 1.29. The van der Waals surface area contributed by atoms with Crippen molar-refractivity contribution in [2.24, 2.45) is 0 Å². The van der Waals surface area contributed by atoms with Gasteiger partial charge < -0.3 is 10.2 Å². The van der Waals surface area contributed by atoms with Gasteiger partial charge >= 0.3 is 6.03 Å². The Hall–Kier alpha value is -3.30. The van der Waals surface area contributed by atoms with Crippen molar-refractivity contribution in [2.75, 3.05) is 19.4 Å². The number of fused-ring (bicyclic) bond motifs is 1. The summed E-state index contributed by atoms with van der Waals surface area (Å²) in [6.45, 7) is 1.31. The van der Waals surface area contributed by atoms with Crippen LogP contribution in [0.25, 0.3) is 0 Å². The predicted molar refractivity (Wildman–Crippen MR) is 126 cm³/mol. The Kier molecular flexibility index (Phi) is 7.00. The van der Waals surface area contributed by atoms with E-state index in [1.807, 2.05) is 24.6 Å². The average Bonchev–Trinajstić information content (AvgIpc) is 3.23. The number of anilines is 1. The summed E-state index contributed by atoms with van der Waals surface area (Å²) in [5.74, 6) is -0.302. The van der Waals surface area contributed by atoms with Crippen molar-refractivity contribution in [1.82, 2.24) is 20.1 Å². The number of nitrogens with one attached hydrogen (secondary N) is 2. The Labute approximate surface area is 196 Å². The number of rotatable bonds is 6. The van der Waals surface area contributed by atoms with Gasteiger partial charge in [-0.15, -0.1) is 11.3 Å². The van der Waals surface area contributed by atoms with Crippen LogP contribution in [0.1, 0.15) is 22.4 Å². The zero-order valence-corrected chi connectivity index (χ0v) is 19.4. The highest BCUT2D eigenvalue weighted by Gasteiger charge is 2.31. The van der Waals surface area contributed by atoms with E-state index in [1.54, 1.807) is 24.1 Å². The number of carbonyl (C=O) groups is 2. The number of carbonyl (C=O) groups excluding carboxylic acids is 2. The molecule has 3 aromatic rings. The fourth-order valence-electron chi connectivity index (χ4n) is 3.91. The predicted octanol–water partition coefficient (Wildman–Crippen LogP) is 3.62. The molecule has 4 rings (SSSR count). The third kappa shape index (κ3) is 5.74. The summed E-state index contributed by atoms with van der Waals surface area (Å²) in [5.41, 5.74) is 3.85. The normalized spacial score (nSPS) is 15.5. The molecule has 1 aromatic heterocycles. The van der Waals surface area contributed by atoms with Gasteiger partial charge in [0.15, 0.2) is 5.13 Å². The van der Waals surface area contributed by atoms with Gasteiger partial charge in [-0.25, -0.2) is 14.2 Å². The molecule has 1 aliphatic rings. The van der Waals surface area contributed by atoms with Crippen LogP contribution >= 0.6 is 11.3 Å².